The van der Waals surface area contributed by atoms with Crippen molar-refractivity contribution in [2.24, 2.45) is 0 Å². The molecule has 0 heterocycles. The number of anilines is 1. The Hall–Kier alpha value is -0.990. The summed E-state index contributed by atoms with van der Waals surface area (Å²) < 4.78 is 1.05. The number of rotatable bonds is 4. The standard InChI is InChI=1S/C17H19BrClN/c1-4-16(13-7-5-11(2)6-8-13)20-17-10-15(19)12(3)9-14(17)18/h5-10,16,20H,4H2,1-3H3. The van der Waals surface area contributed by atoms with Gasteiger partial charge in [0.15, 0.2) is 0 Å². The highest BCUT2D eigenvalue weighted by Gasteiger charge is 2.12. The number of hydrogen-bond acceptors (Lipinski definition) is 1. The zero-order chi connectivity index (χ0) is 14.7. The molecule has 0 fully saturated rings. The Balaban J connectivity index is 2.26. The molecule has 1 unspecified atom stereocenters. The van der Waals surface area contributed by atoms with Gasteiger partial charge in [-0.1, -0.05) is 48.4 Å². The summed E-state index contributed by atoms with van der Waals surface area (Å²) in [5.41, 5.74) is 4.69. The number of nitrogens with one attached hydrogen (secondary N) is 1. The van der Waals surface area contributed by atoms with Gasteiger partial charge < -0.3 is 5.32 Å². The van der Waals surface area contributed by atoms with Crippen molar-refractivity contribution in [3.05, 3.63) is 62.6 Å². The number of halogens is 2. The lowest BCUT2D eigenvalue weighted by Gasteiger charge is -2.20. The molecule has 0 saturated heterocycles. The Labute approximate surface area is 134 Å². The lowest BCUT2D eigenvalue weighted by molar-refractivity contribution is 0.748. The van der Waals surface area contributed by atoms with E-state index in [0.717, 1.165) is 27.2 Å². The Morgan fingerprint density at radius 2 is 1.80 bits per heavy atom. The minimum Gasteiger partial charge on any atom is -0.377 e. The van der Waals surface area contributed by atoms with Crippen molar-refractivity contribution in [2.75, 3.05) is 5.32 Å². The third-order valence-electron chi connectivity index (χ3n) is 3.47. The van der Waals surface area contributed by atoms with Crippen LogP contribution in [0.25, 0.3) is 0 Å². The average Bonchev–Trinajstić information content (AvgIpc) is 2.42. The van der Waals surface area contributed by atoms with Crippen LogP contribution < -0.4 is 5.32 Å². The fraction of sp³-hybridized carbons (Fsp3) is 0.294. The van der Waals surface area contributed by atoms with Gasteiger partial charge in [0.2, 0.25) is 0 Å². The molecule has 0 aliphatic carbocycles. The first-order valence-electron chi connectivity index (χ1n) is 6.80. The zero-order valence-corrected chi connectivity index (χ0v) is 14.3. The summed E-state index contributed by atoms with van der Waals surface area (Å²) in [6.45, 7) is 6.30. The van der Waals surface area contributed by atoms with Crippen LogP contribution in [0.15, 0.2) is 40.9 Å². The number of benzene rings is 2. The molecule has 0 aliphatic heterocycles. The predicted molar refractivity (Wildman–Crippen MR) is 91.7 cm³/mol. The molecule has 2 rings (SSSR count). The van der Waals surface area contributed by atoms with E-state index in [2.05, 4.69) is 59.4 Å². The second-order valence-corrected chi connectivity index (χ2v) is 6.36. The third-order valence-corrected chi connectivity index (χ3v) is 4.53. The van der Waals surface area contributed by atoms with Crippen LogP contribution in [-0.2, 0) is 0 Å². The topological polar surface area (TPSA) is 12.0 Å². The summed E-state index contributed by atoms with van der Waals surface area (Å²) in [6.07, 6.45) is 1.01. The maximum Gasteiger partial charge on any atom is 0.0511 e. The first-order chi connectivity index (χ1) is 9.51. The van der Waals surface area contributed by atoms with Crippen LogP contribution in [0, 0.1) is 13.8 Å². The van der Waals surface area contributed by atoms with Gasteiger partial charge >= 0.3 is 0 Å². The molecule has 0 saturated carbocycles. The molecule has 0 bridgehead atoms. The normalized spacial score (nSPS) is 12.2. The second kappa shape index (κ2) is 6.64. The highest BCUT2D eigenvalue weighted by Crippen LogP contribution is 2.32. The largest absolute Gasteiger partial charge is 0.377 e. The fourth-order valence-corrected chi connectivity index (χ4v) is 2.90. The van der Waals surface area contributed by atoms with Crippen LogP contribution >= 0.6 is 27.5 Å². The maximum absolute atomic E-state index is 6.22. The molecule has 0 aromatic heterocycles. The summed E-state index contributed by atoms with van der Waals surface area (Å²) in [4.78, 5) is 0. The van der Waals surface area contributed by atoms with Crippen molar-refractivity contribution in [1.82, 2.24) is 0 Å². The third kappa shape index (κ3) is 3.56. The second-order valence-electron chi connectivity index (χ2n) is 5.10. The Kier molecular flexibility index (Phi) is 5.11. The van der Waals surface area contributed by atoms with Crippen LogP contribution in [-0.4, -0.2) is 0 Å². The monoisotopic (exact) mass is 351 g/mol. The van der Waals surface area contributed by atoms with Crippen molar-refractivity contribution in [3.8, 4) is 0 Å². The average molecular weight is 353 g/mol. The van der Waals surface area contributed by atoms with Gasteiger partial charge in [0, 0.05) is 9.50 Å². The van der Waals surface area contributed by atoms with E-state index < -0.39 is 0 Å². The predicted octanol–water partition coefficient (Wildman–Crippen LogP) is 6.28. The first kappa shape index (κ1) is 15.4. The van der Waals surface area contributed by atoms with Gasteiger partial charge in [-0.2, -0.15) is 0 Å². The molecule has 2 aromatic rings. The maximum atomic E-state index is 6.22. The Bertz CT molecular complexity index is 593. The Morgan fingerprint density at radius 3 is 2.40 bits per heavy atom. The molecule has 0 aliphatic rings. The molecule has 1 atom stereocenters. The van der Waals surface area contributed by atoms with Gasteiger partial charge in [0.1, 0.15) is 0 Å². The SMILES string of the molecule is CCC(Nc1cc(Cl)c(C)cc1Br)c1ccc(C)cc1. The van der Waals surface area contributed by atoms with Gasteiger partial charge in [-0.25, -0.2) is 0 Å². The summed E-state index contributed by atoms with van der Waals surface area (Å²) in [6, 6.07) is 13.0. The molecule has 106 valence electrons. The summed E-state index contributed by atoms with van der Waals surface area (Å²) >= 11 is 9.82. The van der Waals surface area contributed by atoms with E-state index in [1.54, 1.807) is 0 Å². The van der Waals surface area contributed by atoms with E-state index in [-0.39, 0.29) is 6.04 Å². The van der Waals surface area contributed by atoms with E-state index in [9.17, 15) is 0 Å². The first-order valence-corrected chi connectivity index (χ1v) is 7.97. The quantitative estimate of drug-likeness (QED) is 0.682. The number of aryl methyl sites for hydroxylation is 2. The summed E-state index contributed by atoms with van der Waals surface area (Å²) in [5.74, 6) is 0. The van der Waals surface area contributed by atoms with Gasteiger partial charge in [0.25, 0.3) is 0 Å². The van der Waals surface area contributed by atoms with Crippen LogP contribution in [0.1, 0.15) is 36.1 Å². The van der Waals surface area contributed by atoms with E-state index in [1.807, 2.05) is 19.1 Å². The van der Waals surface area contributed by atoms with Crippen molar-refractivity contribution < 1.29 is 0 Å². The molecule has 1 N–H and O–H groups in total. The zero-order valence-electron chi connectivity index (χ0n) is 12.0. The minimum atomic E-state index is 0.283. The molecule has 3 heteroatoms. The summed E-state index contributed by atoms with van der Waals surface area (Å²) in [7, 11) is 0. The minimum absolute atomic E-state index is 0.283. The lowest BCUT2D eigenvalue weighted by Crippen LogP contribution is -2.10. The fourth-order valence-electron chi connectivity index (χ4n) is 2.16. The van der Waals surface area contributed by atoms with E-state index >= 15 is 0 Å². The van der Waals surface area contributed by atoms with Crippen molar-refractivity contribution in [1.29, 1.82) is 0 Å². The smallest absolute Gasteiger partial charge is 0.0511 e. The highest BCUT2D eigenvalue weighted by atomic mass is 79.9. The van der Waals surface area contributed by atoms with Crippen molar-refractivity contribution in [2.45, 2.75) is 33.2 Å². The van der Waals surface area contributed by atoms with Crippen LogP contribution in [0.5, 0.6) is 0 Å². The van der Waals surface area contributed by atoms with E-state index in [4.69, 9.17) is 11.6 Å². The van der Waals surface area contributed by atoms with E-state index in [1.165, 1.54) is 11.1 Å². The summed E-state index contributed by atoms with van der Waals surface area (Å²) in [5, 5.41) is 4.36. The molecule has 0 amide bonds. The van der Waals surface area contributed by atoms with Crippen molar-refractivity contribution >= 4 is 33.2 Å². The van der Waals surface area contributed by atoms with Crippen LogP contribution in [0.4, 0.5) is 5.69 Å². The van der Waals surface area contributed by atoms with Crippen LogP contribution in [0.3, 0.4) is 0 Å². The van der Waals surface area contributed by atoms with Gasteiger partial charge in [-0.3, -0.25) is 0 Å². The van der Waals surface area contributed by atoms with Crippen LogP contribution in [0.2, 0.25) is 5.02 Å². The molecule has 20 heavy (non-hydrogen) atoms. The van der Waals surface area contributed by atoms with Gasteiger partial charge in [0.05, 0.1) is 11.7 Å². The molecule has 1 nitrogen and oxygen atoms in total. The van der Waals surface area contributed by atoms with Gasteiger partial charge in [-0.15, -0.1) is 0 Å². The van der Waals surface area contributed by atoms with Crippen molar-refractivity contribution in [3.63, 3.8) is 0 Å². The van der Waals surface area contributed by atoms with Gasteiger partial charge in [-0.05, 0) is 59.5 Å². The molecule has 2 aromatic carbocycles. The highest BCUT2D eigenvalue weighted by molar-refractivity contribution is 9.10. The molecular formula is C17H19BrClN. The Morgan fingerprint density at radius 1 is 1.15 bits per heavy atom. The number of hydrogen-bond donors (Lipinski definition) is 1. The molecule has 0 radical (unpaired) electrons. The molecule has 0 spiro atoms. The molecular weight excluding hydrogens is 334 g/mol. The lowest BCUT2D eigenvalue weighted by atomic mass is 10.0. The van der Waals surface area contributed by atoms with E-state index in [0.29, 0.717) is 0 Å².